The number of hydrogen-bond acceptors (Lipinski definition) is 3. The molecule has 0 aromatic carbocycles. The number of ketones is 1. The van der Waals surface area contributed by atoms with Crippen LogP contribution in [0.15, 0.2) is 18.5 Å². The zero-order valence-corrected chi connectivity index (χ0v) is 10.3. The monoisotopic (exact) mass is 233 g/mol. The van der Waals surface area contributed by atoms with Crippen LogP contribution in [-0.4, -0.2) is 17.4 Å². The lowest BCUT2D eigenvalue weighted by Gasteiger charge is -2.13. The van der Waals surface area contributed by atoms with E-state index in [-0.39, 0.29) is 5.92 Å². The van der Waals surface area contributed by atoms with Gasteiger partial charge in [0.2, 0.25) is 0 Å². The Morgan fingerprint density at radius 1 is 1.35 bits per heavy atom. The maximum Gasteiger partial charge on any atom is 0.140 e. The molecule has 0 radical (unpaired) electrons. The summed E-state index contributed by atoms with van der Waals surface area (Å²) >= 11 is 0. The number of pyridine rings is 1. The molecule has 0 N–H and O–H groups in total. The summed E-state index contributed by atoms with van der Waals surface area (Å²) in [6, 6.07) is 1.96. The summed E-state index contributed by atoms with van der Waals surface area (Å²) in [5, 5.41) is 0. The van der Waals surface area contributed by atoms with Gasteiger partial charge < -0.3 is 4.74 Å². The zero-order chi connectivity index (χ0) is 12.1. The second-order valence-corrected chi connectivity index (χ2v) is 4.51. The highest BCUT2D eigenvalue weighted by atomic mass is 16.5. The minimum Gasteiger partial charge on any atom is -0.492 e. The number of ether oxygens (including phenoxy) is 1. The summed E-state index contributed by atoms with van der Waals surface area (Å²) in [4.78, 5) is 16.2. The second-order valence-electron chi connectivity index (χ2n) is 4.51. The number of Topliss-reactive ketones (excluding diaryl/α,β-unsaturated/α-hetero) is 1. The minimum absolute atomic E-state index is 0.0328. The predicted octanol–water partition coefficient (Wildman–Crippen LogP) is 3.10. The van der Waals surface area contributed by atoms with Crippen molar-refractivity contribution in [1.29, 1.82) is 0 Å². The SMILES string of the molecule is CCOc1cncc(C2CCCCCC2=O)c1. The third-order valence-corrected chi connectivity index (χ3v) is 3.25. The van der Waals surface area contributed by atoms with E-state index in [2.05, 4.69) is 4.98 Å². The fourth-order valence-electron chi connectivity index (χ4n) is 2.38. The summed E-state index contributed by atoms with van der Waals surface area (Å²) in [6.45, 7) is 2.58. The molecule has 1 aromatic rings. The molecule has 1 aliphatic carbocycles. The van der Waals surface area contributed by atoms with E-state index in [0.29, 0.717) is 18.8 Å². The number of hydrogen-bond donors (Lipinski definition) is 0. The fourth-order valence-corrected chi connectivity index (χ4v) is 2.38. The Labute approximate surface area is 102 Å². The summed E-state index contributed by atoms with van der Waals surface area (Å²) in [7, 11) is 0. The lowest BCUT2D eigenvalue weighted by Crippen LogP contribution is -2.11. The van der Waals surface area contributed by atoms with Crippen molar-refractivity contribution in [2.75, 3.05) is 6.61 Å². The van der Waals surface area contributed by atoms with Crippen LogP contribution in [0.25, 0.3) is 0 Å². The van der Waals surface area contributed by atoms with E-state index in [4.69, 9.17) is 4.74 Å². The summed E-state index contributed by atoms with van der Waals surface area (Å²) in [5.74, 6) is 1.16. The molecule has 1 atom stereocenters. The molecule has 0 aliphatic heterocycles. The molecule has 92 valence electrons. The summed E-state index contributed by atoms with van der Waals surface area (Å²) in [6.07, 6.45) is 8.51. The molecule has 0 amide bonds. The standard InChI is InChI=1S/C14H19NO2/c1-2-17-12-8-11(9-15-10-12)13-6-4-3-5-7-14(13)16/h8-10,13H,2-7H2,1H3. The average Bonchev–Trinajstić information content (AvgIpc) is 2.55. The summed E-state index contributed by atoms with van der Waals surface area (Å²) < 4.78 is 5.43. The Kier molecular flexibility index (Phi) is 4.13. The van der Waals surface area contributed by atoms with E-state index in [1.54, 1.807) is 12.4 Å². The highest BCUT2D eigenvalue weighted by Gasteiger charge is 2.22. The zero-order valence-electron chi connectivity index (χ0n) is 10.3. The van der Waals surface area contributed by atoms with E-state index >= 15 is 0 Å². The smallest absolute Gasteiger partial charge is 0.140 e. The van der Waals surface area contributed by atoms with Crippen LogP contribution in [0.1, 0.15) is 50.5 Å². The Hall–Kier alpha value is -1.38. The molecule has 1 fully saturated rings. The molecule has 1 unspecified atom stereocenters. The van der Waals surface area contributed by atoms with Crippen molar-refractivity contribution in [1.82, 2.24) is 4.98 Å². The molecule has 2 rings (SSSR count). The van der Waals surface area contributed by atoms with Crippen LogP contribution < -0.4 is 4.74 Å². The van der Waals surface area contributed by atoms with Crippen LogP contribution in [0.4, 0.5) is 0 Å². The molecule has 0 spiro atoms. The predicted molar refractivity (Wildman–Crippen MR) is 66.2 cm³/mol. The molecule has 1 aromatic heterocycles. The molecule has 0 saturated heterocycles. The van der Waals surface area contributed by atoms with Crippen LogP contribution in [0.2, 0.25) is 0 Å². The fraction of sp³-hybridized carbons (Fsp3) is 0.571. The molecular weight excluding hydrogens is 214 g/mol. The van der Waals surface area contributed by atoms with Crippen molar-refractivity contribution in [3.8, 4) is 5.75 Å². The normalized spacial score (nSPS) is 21.0. The number of carbonyl (C=O) groups excluding carboxylic acids is 1. The van der Waals surface area contributed by atoms with E-state index < -0.39 is 0 Å². The molecule has 17 heavy (non-hydrogen) atoms. The largest absolute Gasteiger partial charge is 0.492 e. The minimum atomic E-state index is 0.0328. The average molecular weight is 233 g/mol. The first-order valence-electron chi connectivity index (χ1n) is 6.41. The summed E-state index contributed by atoms with van der Waals surface area (Å²) in [5.41, 5.74) is 1.02. The van der Waals surface area contributed by atoms with Gasteiger partial charge in [0, 0.05) is 18.5 Å². The van der Waals surface area contributed by atoms with Gasteiger partial charge in [0.15, 0.2) is 0 Å². The van der Waals surface area contributed by atoms with Crippen LogP contribution in [0, 0.1) is 0 Å². The third-order valence-electron chi connectivity index (χ3n) is 3.25. The van der Waals surface area contributed by atoms with Gasteiger partial charge in [0.1, 0.15) is 11.5 Å². The number of rotatable bonds is 3. The van der Waals surface area contributed by atoms with Gasteiger partial charge in [-0.25, -0.2) is 0 Å². The molecule has 1 heterocycles. The van der Waals surface area contributed by atoms with E-state index in [1.165, 1.54) is 6.42 Å². The van der Waals surface area contributed by atoms with Gasteiger partial charge in [-0.15, -0.1) is 0 Å². The molecule has 1 aliphatic rings. The second kappa shape index (κ2) is 5.80. The van der Waals surface area contributed by atoms with E-state index in [9.17, 15) is 4.79 Å². The van der Waals surface area contributed by atoms with Crippen molar-refractivity contribution in [3.05, 3.63) is 24.0 Å². The van der Waals surface area contributed by atoms with Crippen LogP contribution in [-0.2, 0) is 4.79 Å². The van der Waals surface area contributed by atoms with E-state index in [0.717, 1.165) is 30.6 Å². The van der Waals surface area contributed by atoms with Gasteiger partial charge >= 0.3 is 0 Å². The van der Waals surface area contributed by atoms with Gasteiger partial charge in [-0.05, 0) is 31.4 Å². The maximum atomic E-state index is 12.0. The lowest BCUT2D eigenvalue weighted by atomic mass is 9.92. The molecule has 3 heteroatoms. The molecule has 0 bridgehead atoms. The van der Waals surface area contributed by atoms with Crippen molar-refractivity contribution in [2.45, 2.75) is 44.9 Å². The maximum absolute atomic E-state index is 12.0. The number of aromatic nitrogens is 1. The first-order chi connectivity index (χ1) is 8.31. The van der Waals surface area contributed by atoms with Gasteiger partial charge in [0.25, 0.3) is 0 Å². The van der Waals surface area contributed by atoms with Crippen LogP contribution >= 0.6 is 0 Å². The number of carbonyl (C=O) groups is 1. The van der Waals surface area contributed by atoms with Crippen LogP contribution in [0.3, 0.4) is 0 Å². The van der Waals surface area contributed by atoms with Gasteiger partial charge in [-0.2, -0.15) is 0 Å². The van der Waals surface area contributed by atoms with E-state index in [1.807, 2.05) is 13.0 Å². The highest BCUT2D eigenvalue weighted by Crippen LogP contribution is 2.30. The molecular formula is C14H19NO2. The Morgan fingerprint density at radius 3 is 3.06 bits per heavy atom. The van der Waals surface area contributed by atoms with Gasteiger partial charge in [-0.3, -0.25) is 9.78 Å². The van der Waals surface area contributed by atoms with Crippen molar-refractivity contribution >= 4 is 5.78 Å². The van der Waals surface area contributed by atoms with Gasteiger partial charge in [-0.1, -0.05) is 12.8 Å². The first-order valence-corrected chi connectivity index (χ1v) is 6.41. The Bertz CT molecular complexity index is 390. The quantitative estimate of drug-likeness (QED) is 0.753. The third kappa shape index (κ3) is 3.05. The topological polar surface area (TPSA) is 39.2 Å². The highest BCUT2D eigenvalue weighted by molar-refractivity contribution is 5.85. The Balaban J connectivity index is 2.19. The van der Waals surface area contributed by atoms with Crippen molar-refractivity contribution in [3.63, 3.8) is 0 Å². The molecule has 3 nitrogen and oxygen atoms in total. The van der Waals surface area contributed by atoms with Crippen LogP contribution in [0.5, 0.6) is 5.75 Å². The first kappa shape index (κ1) is 12.1. The number of nitrogens with zero attached hydrogens (tertiary/aromatic N) is 1. The van der Waals surface area contributed by atoms with Crippen molar-refractivity contribution in [2.24, 2.45) is 0 Å². The van der Waals surface area contributed by atoms with Crippen molar-refractivity contribution < 1.29 is 9.53 Å². The lowest BCUT2D eigenvalue weighted by molar-refractivity contribution is -0.120. The van der Waals surface area contributed by atoms with Gasteiger partial charge in [0.05, 0.1) is 12.8 Å². The Morgan fingerprint density at radius 2 is 2.24 bits per heavy atom. The molecule has 1 saturated carbocycles.